The summed E-state index contributed by atoms with van der Waals surface area (Å²) < 4.78 is 2.18. The molecule has 0 atom stereocenters. The number of rotatable bonds is 6. The van der Waals surface area contributed by atoms with Crippen LogP contribution in [0.1, 0.15) is 33.5 Å². The standard InChI is InChI=1S/C23H27N3O/c1-17-7-10-20(11-8-17)14-24-23(27)25-15-22-5-4-12-26(22)16-21-13-18(2)6-9-19(21)3/h4-13H,14-16H2,1-3H3,(H2,24,25,27). The van der Waals surface area contributed by atoms with Gasteiger partial charge >= 0.3 is 6.03 Å². The molecule has 0 spiro atoms. The summed E-state index contributed by atoms with van der Waals surface area (Å²) in [7, 11) is 0. The molecule has 2 N–H and O–H groups in total. The molecule has 2 aromatic carbocycles. The fraction of sp³-hybridized carbons (Fsp3) is 0.261. The fourth-order valence-electron chi connectivity index (χ4n) is 3.04. The van der Waals surface area contributed by atoms with E-state index in [1.165, 1.54) is 22.3 Å². The van der Waals surface area contributed by atoms with Gasteiger partial charge in [0.05, 0.1) is 6.54 Å². The second-order valence-electron chi connectivity index (χ2n) is 7.08. The van der Waals surface area contributed by atoms with Gasteiger partial charge in [-0.05, 0) is 49.6 Å². The maximum Gasteiger partial charge on any atom is 0.315 e. The van der Waals surface area contributed by atoms with Gasteiger partial charge in [0.15, 0.2) is 0 Å². The summed E-state index contributed by atoms with van der Waals surface area (Å²) in [6.45, 7) is 8.13. The number of urea groups is 1. The average molecular weight is 361 g/mol. The van der Waals surface area contributed by atoms with Gasteiger partial charge < -0.3 is 15.2 Å². The molecule has 0 aliphatic heterocycles. The van der Waals surface area contributed by atoms with Crippen molar-refractivity contribution in [2.75, 3.05) is 0 Å². The number of amides is 2. The van der Waals surface area contributed by atoms with Crippen molar-refractivity contribution < 1.29 is 4.79 Å². The Labute approximate surface area is 161 Å². The van der Waals surface area contributed by atoms with Crippen molar-refractivity contribution in [2.45, 2.75) is 40.4 Å². The Bertz CT molecular complexity index is 910. The summed E-state index contributed by atoms with van der Waals surface area (Å²) in [4.78, 5) is 12.1. The largest absolute Gasteiger partial charge is 0.345 e. The molecule has 0 saturated carbocycles. The van der Waals surface area contributed by atoms with Crippen LogP contribution < -0.4 is 10.6 Å². The molecule has 0 radical (unpaired) electrons. The molecule has 0 unspecified atom stereocenters. The van der Waals surface area contributed by atoms with Crippen LogP contribution in [0.4, 0.5) is 4.79 Å². The topological polar surface area (TPSA) is 46.1 Å². The molecule has 0 saturated heterocycles. The van der Waals surface area contributed by atoms with Crippen LogP contribution in [0.25, 0.3) is 0 Å². The van der Waals surface area contributed by atoms with Gasteiger partial charge in [-0.3, -0.25) is 0 Å². The Hall–Kier alpha value is -3.01. The number of nitrogens with one attached hydrogen (secondary N) is 2. The number of aromatic nitrogens is 1. The van der Waals surface area contributed by atoms with E-state index >= 15 is 0 Å². The first-order valence-electron chi connectivity index (χ1n) is 9.28. The van der Waals surface area contributed by atoms with E-state index in [4.69, 9.17) is 0 Å². The van der Waals surface area contributed by atoms with E-state index in [9.17, 15) is 4.79 Å². The van der Waals surface area contributed by atoms with Crippen molar-refractivity contribution in [1.82, 2.24) is 15.2 Å². The Morgan fingerprint density at radius 3 is 2.37 bits per heavy atom. The van der Waals surface area contributed by atoms with Crippen molar-refractivity contribution >= 4 is 6.03 Å². The van der Waals surface area contributed by atoms with Gasteiger partial charge in [0.2, 0.25) is 0 Å². The number of carbonyl (C=O) groups is 1. The number of carbonyl (C=O) groups excluding carboxylic acids is 1. The fourth-order valence-corrected chi connectivity index (χ4v) is 3.04. The molecule has 1 aromatic heterocycles. The highest BCUT2D eigenvalue weighted by Gasteiger charge is 2.06. The Kier molecular flexibility index (Phi) is 5.97. The van der Waals surface area contributed by atoms with E-state index < -0.39 is 0 Å². The first kappa shape index (κ1) is 18.8. The Morgan fingerprint density at radius 2 is 1.59 bits per heavy atom. The molecular formula is C23H27N3O. The van der Waals surface area contributed by atoms with Crippen LogP contribution in [0.15, 0.2) is 60.8 Å². The summed E-state index contributed by atoms with van der Waals surface area (Å²) in [5.74, 6) is 0. The van der Waals surface area contributed by atoms with Gasteiger partial charge in [0.25, 0.3) is 0 Å². The van der Waals surface area contributed by atoms with Crippen molar-refractivity contribution in [3.05, 3.63) is 94.3 Å². The lowest BCUT2D eigenvalue weighted by Crippen LogP contribution is -2.35. The molecule has 2 amide bonds. The molecule has 3 aromatic rings. The smallest absolute Gasteiger partial charge is 0.315 e. The zero-order chi connectivity index (χ0) is 19.2. The summed E-state index contributed by atoms with van der Waals surface area (Å²) in [6, 6.07) is 18.6. The minimum Gasteiger partial charge on any atom is -0.345 e. The molecule has 0 bridgehead atoms. The lowest BCUT2D eigenvalue weighted by Gasteiger charge is -2.13. The third-order valence-electron chi connectivity index (χ3n) is 4.77. The minimum atomic E-state index is -0.157. The van der Waals surface area contributed by atoms with Crippen LogP contribution in [-0.2, 0) is 19.6 Å². The maximum absolute atomic E-state index is 12.1. The predicted octanol–water partition coefficient (Wildman–Crippen LogP) is 4.46. The molecule has 27 heavy (non-hydrogen) atoms. The van der Waals surface area contributed by atoms with E-state index in [1.54, 1.807) is 0 Å². The third-order valence-corrected chi connectivity index (χ3v) is 4.77. The Morgan fingerprint density at radius 1 is 0.889 bits per heavy atom. The second kappa shape index (κ2) is 8.58. The number of aryl methyl sites for hydroxylation is 3. The van der Waals surface area contributed by atoms with Crippen LogP contribution >= 0.6 is 0 Å². The summed E-state index contributed by atoms with van der Waals surface area (Å²) in [6.07, 6.45) is 2.06. The van der Waals surface area contributed by atoms with Gasteiger partial charge in [0, 0.05) is 25.0 Å². The van der Waals surface area contributed by atoms with E-state index in [0.29, 0.717) is 13.1 Å². The van der Waals surface area contributed by atoms with Crippen molar-refractivity contribution in [1.29, 1.82) is 0 Å². The number of nitrogens with zero attached hydrogens (tertiary/aromatic N) is 1. The highest BCUT2D eigenvalue weighted by atomic mass is 16.2. The second-order valence-corrected chi connectivity index (χ2v) is 7.08. The van der Waals surface area contributed by atoms with Crippen LogP contribution in [0, 0.1) is 20.8 Å². The van der Waals surface area contributed by atoms with Crippen molar-refractivity contribution in [2.24, 2.45) is 0 Å². The quantitative estimate of drug-likeness (QED) is 0.669. The predicted molar refractivity (Wildman–Crippen MR) is 110 cm³/mol. The van der Waals surface area contributed by atoms with Gasteiger partial charge in [0.1, 0.15) is 0 Å². The SMILES string of the molecule is Cc1ccc(CNC(=O)NCc2cccn2Cc2cc(C)ccc2C)cc1. The molecule has 0 aliphatic rings. The maximum atomic E-state index is 12.1. The van der Waals surface area contributed by atoms with Gasteiger partial charge in [-0.25, -0.2) is 4.79 Å². The first-order valence-corrected chi connectivity index (χ1v) is 9.28. The summed E-state index contributed by atoms with van der Waals surface area (Å²) >= 11 is 0. The summed E-state index contributed by atoms with van der Waals surface area (Å²) in [5, 5.41) is 5.86. The van der Waals surface area contributed by atoms with Crippen LogP contribution in [-0.4, -0.2) is 10.6 Å². The van der Waals surface area contributed by atoms with E-state index in [2.05, 4.69) is 72.5 Å². The van der Waals surface area contributed by atoms with Gasteiger partial charge in [-0.15, -0.1) is 0 Å². The van der Waals surface area contributed by atoms with Crippen LogP contribution in [0.3, 0.4) is 0 Å². The lowest BCUT2D eigenvalue weighted by atomic mass is 10.1. The first-order chi connectivity index (χ1) is 13.0. The molecule has 140 valence electrons. The minimum absolute atomic E-state index is 0.157. The average Bonchev–Trinajstić information content (AvgIpc) is 3.09. The molecule has 4 heteroatoms. The zero-order valence-corrected chi connectivity index (χ0v) is 16.3. The molecule has 0 aliphatic carbocycles. The highest BCUT2D eigenvalue weighted by Crippen LogP contribution is 2.14. The summed E-state index contributed by atoms with van der Waals surface area (Å²) in [5.41, 5.74) is 7.24. The molecule has 0 fully saturated rings. The molecular weight excluding hydrogens is 334 g/mol. The zero-order valence-electron chi connectivity index (χ0n) is 16.3. The van der Waals surface area contributed by atoms with Gasteiger partial charge in [-0.1, -0.05) is 53.6 Å². The number of benzene rings is 2. The van der Waals surface area contributed by atoms with E-state index in [0.717, 1.165) is 17.8 Å². The molecule has 1 heterocycles. The van der Waals surface area contributed by atoms with E-state index in [1.807, 2.05) is 24.3 Å². The highest BCUT2D eigenvalue weighted by molar-refractivity contribution is 5.73. The van der Waals surface area contributed by atoms with Crippen molar-refractivity contribution in [3.8, 4) is 0 Å². The Balaban J connectivity index is 1.54. The number of hydrogen-bond donors (Lipinski definition) is 2. The van der Waals surface area contributed by atoms with Crippen molar-refractivity contribution in [3.63, 3.8) is 0 Å². The normalized spacial score (nSPS) is 10.6. The van der Waals surface area contributed by atoms with Gasteiger partial charge in [-0.2, -0.15) is 0 Å². The van der Waals surface area contributed by atoms with Crippen LogP contribution in [0.5, 0.6) is 0 Å². The van der Waals surface area contributed by atoms with Crippen LogP contribution in [0.2, 0.25) is 0 Å². The third kappa shape index (κ3) is 5.23. The number of hydrogen-bond acceptors (Lipinski definition) is 1. The lowest BCUT2D eigenvalue weighted by molar-refractivity contribution is 0.240. The monoisotopic (exact) mass is 361 g/mol. The molecule has 3 rings (SSSR count). The molecule has 4 nitrogen and oxygen atoms in total. The van der Waals surface area contributed by atoms with E-state index in [-0.39, 0.29) is 6.03 Å².